The van der Waals surface area contributed by atoms with Crippen LogP contribution in [0.3, 0.4) is 0 Å². The molecular formula is C26H25Cl3N2O3. The van der Waals surface area contributed by atoms with E-state index in [1.54, 1.807) is 30.3 Å². The van der Waals surface area contributed by atoms with Gasteiger partial charge in [0.15, 0.2) is 0 Å². The van der Waals surface area contributed by atoms with E-state index in [9.17, 15) is 4.79 Å². The SMILES string of the molecule is O=C(c1ccc(Cl)c(Cl)c1)N(CCN1CCOCC1)Cc1cccc(Oc2ccc(Cl)cc2)c1. The number of amides is 1. The van der Waals surface area contributed by atoms with Gasteiger partial charge in [-0.3, -0.25) is 9.69 Å². The van der Waals surface area contributed by atoms with Crippen LogP contribution >= 0.6 is 34.8 Å². The van der Waals surface area contributed by atoms with Crippen LogP contribution in [0.1, 0.15) is 15.9 Å². The maximum atomic E-state index is 13.4. The molecule has 0 atom stereocenters. The predicted molar refractivity (Wildman–Crippen MR) is 136 cm³/mol. The lowest BCUT2D eigenvalue weighted by molar-refractivity contribution is 0.0320. The normalized spacial score (nSPS) is 14.1. The summed E-state index contributed by atoms with van der Waals surface area (Å²) >= 11 is 18.2. The Kier molecular flexibility index (Phi) is 8.70. The molecule has 0 radical (unpaired) electrons. The van der Waals surface area contributed by atoms with E-state index in [-0.39, 0.29) is 5.91 Å². The van der Waals surface area contributed by atoms with Crippen LogP contribution in [0.5, 0.6) is 11.5 Å². The van der Waals surface area contributed by atoms with Crippen molar-refractivity contribution < 1.29 is 14.3 Å². The first kappa shape index (κ1) is 24.8. The summed E-state index contributed by atoms with van der Waals surface area (Å²) in [6.45, 7) is 4.91. The summed E-state index contributed by atoms with van der Waals surface area (Å²) in [5.74, 6) is 1.28. The van der Waals surface area contributed by atoms with Gasteiger partial charge in [0.1, 0.15) is 11.5 Å². The molecular weight excluding hydrogens is 495 g/mol. The quantitative estimate of drug-likeness (QED) is 0.345. The molecule has 8 heteroatoms. The Hall–Kier alpha value is -2.28. The van der Waals surface area contributed by atoms with E-state index in [0.29, 0.717) is 58.4 Å². The van der Waals surface area contributed by atoms with Crippen molar-refractivity contribution in [1.29, 1.82) is 0 Å². The highest BCUT2D eigenvalue weighted by atomic mass is 35.5. The maximum absolute atomic E-state index is 13.4. The molecule has 1 aliphatic heterocycles. The van der Waals surface area contributed by atoms with Crippen molar-refractivity contribution in [2.24, 2.45) is 0 Å². The lowest BCUT2D eigenvalue weighted by atomic mass is 10.1. The molecule has 0 spiro atoms. The van der Waals surface area contributed by atoms with Gasteiger partial charge in [-0.2, -0.15) is 0 Å². The number of ether oxygens (including phenoxy) is 2. The Morgan fingerprint density at radius 1 is 0.912 bits per heavy atom. The van der Waals surface area contributed by atoms with E-state index in [4.69, 9.17) is 44.3 Å². The topological polar surface area (TPSA) is 42.0 Å². The fraction of sp³-hybridized carbons (Fsp3) is 0.269. The summed E-state index contributed by atoms with van der Waals surface area (Å²) in [6, 6.07) is 19.9. The molecule has 0 saturated carbocycles. The van der Waals surface area contributed by atoms with E-state index in [0.717, 1.165) is 25.2 Å². The summed E-state index contributed by atoms with van der Waals surface area (Å²) in [7, 11) is 0. The van der Waals surface area contributed by atoms with E-state index < -0.39 is 0 Å². The molecule has 3 aromatic carbocycles. The maximum Gasteiger partial charge on any atom is 0.254 e. The van der Waals surface area contributed by atoms with E-state index in [1.807, 2.05) is 41.3 Å². The molecule has 5 nitrogen and oxygen atoms in total. The molecule has 1 saturated heterocycles. The van der Waals surface area contributed by atoms with Gasteiger partial charge in [0.25, 0.3) is 5.91 Å². The zero-order chi connectivity index (χ0) is 23.9. The number of benzene rings is 3. The molecule has 0 bridgehead atoms. The van der Waals surface area contributed by atoms with E-state index >= 15 is 0 Å². The molecule has 4 rings (SSSR count). The Morgan fingerprint density at radius 3 is 2.41 bits per heavy atom. The first-order valence-electron chi connectivity index (χ1n) is 11.0. The fourth-order valence-corrected chi connectivity index (χ4v) is 4.14. The van der Waals surface area contributed by atoms with Gasteiger partial charge < -0.3 is 14.4 Å². The molecule has 3 aromatic rings. The van der Waals surface area contributed by atoms with Crippen molar-refractivity contribution in [3.05, 3.63) is 92.9 Å². The third kappa shape index (κ3) is 6.87. The van der Waals surface area contributed by atoms with Crippen LogP contribution < -0.4 is 4.74 Å². The molecule has 1 heterocycles. The van der Waals surface area contributed by atoms with Crippen LogP contribution in [0.2, 0.25) is 15.1 Å². The lowest BCUT2D eigenvalue weighted by Crippen LogP contribution is -2.42. The van der Waals surface area contributed by atoms with Crippen molar-refractivity contribution in [2.75, 3.05) is 39.4 Å². The smallest absolute Gasteiger partial charge is 0.254 e. The van der Waals surface area contributed by atoms with Gasteiger partial charge in [-0.25, -0.2) is 0 Å². The molecule has 0 aromatic heterocycles. The highest BCUT2D eigenvalue weighted by Crippen LogP contribution is 2.26. The zero-order valence-corrected chi connectivity index (χ0v) is 20.8. The minimum atomic E-state index is -0.101. The Balaban J connectivity index is 1.51. The Labute approximate surface area is 214 Å². The van der Waals surface area contributed by atoms with Crippen molar-refractivity contribution in [1.82, 2.24) is 9.80 Å². The molecule has 1 aliphatic rings. The van der Waals surface area contributed by atoms with Crippen LogP contribution in [-0.2, 0) is 11.3 Å². The second-order valence-electron chi connectivity index (χ2n) is 8.01. The van der Waals surface area contributed by atoms with Crippen molar-refractivity contribution >= 4 is 40.7 Å². The van der Waals surface area contributed by atoms with Gasteiger partial charge in [0, 0.05) is 43.3 Å². The summed E-state index contributed by atoms with van der Waals surface area (Å²) in [5.41, 5.74) is 1.46. The standard InChI is InChI=1S/C26H25Cl3N2O3/c27-21-5-7-22(8-6-21)34-23-3-1-2-19(16-23)18-31(11-10-30-12-14-33-15-13-30)26(32)20-4-9-24(28)25(29)17-20/h1-9,16-17H,10-15,18H2. The largest absolute Gasteiger partial charge is 0.457 e. The van der Waals surface area contributed by atoms with Crippen molar-refractivity contribution in [3.8, 4) is 11.5 Å². The highest BCUT2D eigenvalue weighted by molar-refractivity contribution is 6.42. The van der Waals surface area contributed by atoms with Crippen LogP contribution in [0, 0.1) is 0 Å². The van der Waals surface area contributed by atoms with E-state index in [1.165, 1.54) is 0 Å². The molecule has 1 fully saturated rings. The molecule has 34 heavy (non-hydrogen) atoms. The van der Waals surface area contributed by atoms with Crippen LogP contribution in [0.15, 0.2) is 66.7 Å². The zero-order valence-electron chi connectivity index (χ0n) is 18.6. The number of carbonyl (C=O) groups is 1. The van der Waals surface area contributed by atoms with Crippen molar-refractivity contribution in [2.45, 2.75) is 6.54 Å². The number of hydrogen-bond donors (Lipinski definition) is 0. The number of nitrogens with zero attached hydrogens (tertiary/aromatic N) is 2. The molecule has 178 valence electrons. The molecule has 1 amide bonds. The molecule has 0 unspecified atom stereocenters. The summed E-state index contributed by atoms with van der Waals surface area (Å²) < 4.78 is 11.4. The van der Waals surface area contributed by atoms with Gasteiger partial charge in [-0.05, 0) is 60.2 Å². The van der Waals surface area contributed by atoms with E-state index in [2.05, 4.69) is 4.90 Å². The number of rotatable bonds is 8. The minimum Gasteiger partial charge on any atom is -0.457 e. The second-order valence-corrected chi connectivity index (χ2v) is 9.26. The fourth-order valence-electron chi connectivity index (χ4n) is 3.72. The Bertz CT molecular complexity index is 1120. The number of hydrogen-bond acceptors (Lipinski definition) is 4. The van der Waals surface area contributed by atoms with Crippen molar-refractivity contribution in [3.63, 3.8) is 0 Å². The van der Waals surface area contributed by atoms with Crippen LogP contribution in [-0.4, -0.2) is 55.1 Å². The number of carbonyl (C=O) groups excluding carboxylic acids is 1. The van der Waals surface area contributed by atoms with Gasteiger partial charge in [-0.1, -0.05) is 46.9 Å². The number of morpholine rings is 1. The van der Waals surface area contributed by atoms with Gasteiger partial charge >= 0.3 is 0 Å². The lowest BCUT2D eigenvalue weighted by Gasteiger charge is -2.30. The van der Waals surface area contributed by atoms with Crippen LogP contribution in [0.25, 0.3) is 0 Å². The average Bonchev–Trinajstić information content (AvgIpc) is 2.85. The van der Waals surface area contributed by atoms with Gasteiger partial charge in [0.2, 0.25) is 0 Å². The minimum absolute atomic E-state index is 0.101. The average molecular weight is 520 g/mol. The van der Waals surface area contributed by atoms with Crippen LogP contribution in [0.4, 0.5) is 0 Å². The second kappa shape index (κ2) is 11.9. The highest BCUT2D eigenvalue weighted by Gasteiger charge is 2.20. The monoisotopic (exact) mass is 518 g/mol. The summed E-state index contributed by atoms with van der Waals surface area (Å²) in [6.07, 6.45) is 0. The first-order chi connectivity index (χ1) is 16.5. The summed E-state index contributed by atoms with van der Waals surface area (Å²) in [4.78, 5) is 17.6. The molecule has 0 aliphatic carbocycles. The third-order valence-corrected chi connectivity index (χ3v) is 6.56. The first-order valence-corrected chi connectivity index (χ1v) is 12.2. The molecule has 0 N–H and O–H groups in total. The summed E-state index contributed by atoms with van der Waals surface area (Å²) in [5, 5.41) is 1.43. The van der Waals surface area contributed by atoms with Gasteiger partial charge in [0.05, 0.1) is 23.3 Å². The number of halogens is 3. The Morgan fingerprint density at radius 2 is 1.68 bits per heavy atom. The predicted octanol–water partition coefficient (Wildman–Crippen LogP) is 6.41. The third-order valence-electron chi connectivity index (χ3n) is 5.56. The van der Waals surface area contributed by atoms with Gasteiger partial charge in [-0.15, -0.1) is 0 Å².